The Morgan fingerprint density at radius 1 is 1.00 bits per heavy atom. The van der Waals surface area contributed by atoms with Gasteiger partial charge in [0, 0.05) is 12.1 Å². The molecule has 0 saturated carbocycles. The number of halogens is 1. The Labute approximate surface area is 186 Å². The van der Waals surface area contributed by atoms with E-state index in [0.29, 0.717) is 24.1 Å². The van der Waals surface area contributed by atoms with E-state index in [0.717, 1.165) is 17.3 Å². The zero-order chi connectivity index (χ0) is 22.8. The van der Waals surface area contributed by atoms with E-state index in [-0.39, 0.29) is 11.3 Å². The van der Waals surface area contributed by atoms with Crippen molar-refractivity contribution >= 4 is 28.2 Å². The fourth-order valence-electron chi connectivity index (χ4n) is 4.15. The number of nitrogens with zero attached hydrogens (tertiary/aromatic N) is 2. The van der Waals surface area contributed by atoms with E-state index >= 15 is 0 Å². The first-order chi connectivity index (χ1) is 15.4. The molecule has 32 heavy (non-hydrogen) atoms. The Kier molecular flexibility index (Phi) is 6.06. The molecule has 1 aliphatic heterocycles. The Morgan fingerprint density at radius 3 is 2.38 bits per heavy atom. The lowest BCUT2D eigenvalue weighted by Crippen LogP contribution is -2.32. The smallest absolute Gasteiger partial charge is 0.295 e. The second-order valence-corrected chi connectivity index (χ2v) is 8.26. The molecule has 1 fully saturated rings. The first-order valence-electron chi connectivity index (χ1n) is 10.5. The molecule has 4 rings (SSSR count). The van der Waals surface area contributed by atoms with E-state index in [1.165, 1.54) is 17.0 Å². The summed E-state index contributed by atoms with van der Waals surface area (Å²) in [7, 11) is 3.87. The maximum Gasteiger partial charge on any atom is 0.295 e. The molecule has 164 valence electrons. The fraction of sp³-hybridized carbons (Fsp3) is 0.231. The van der Waals surface area contributed by atoms with Gasteiger partial charge in [0.2, 0.25) is 0 Å². The normalized spacial score (nSPS) is 18.1. The minimum absolute atomic E-state index is 0.0294. The van der Waals surface area contributed by atoms with Gasteiger partial charge in [-0.2, -0.15) is 0 Å². The molecule has 1 aliphatic rings. The van der Waals surface area contributed by atoms with Crippen LogP contribution in [0.2, 0.25) is 0 Å². The van der Waals surface area contributed by atoms with Crippen LogP contribution in [0, 0.1) is 5.82 Å². The van der Waals surface area contributed by atoms with Gasteiger partial charge in [-0.15, -0.1) is 0 Å². The van der Waals surface area contributed by atoms with Crippen molar-refractivity contribution in [3.05, 3.63) is 89.2 Å². The summed E-state index contributed by atoms with van der Waals surface area (Å²) in [6.45, 7) is 1.09. The molecule has 0 radical (unpaired) electrons. The van der Waals surface area contributed by atoms with Crippen molar-refractivity contribution in [1.29, 1.82) is 0 Å². The number of likely N-dealkylation sites (tertiary alicyclic amines) is 1. The number of hydrogen-bond acceptors (Lipinski definition) is 4. The van der Waals surface area contributed by atoms with Crippen LogP contribution in [0.5, 0.6) is 0 Å². The number of Topliss-reactive ketones (excluding diaryl/α,β-unsaturated/α-hetero) is 1. The molecule has 1 unspecified atom stereocenters. The van der Waals surface area contributed by atoms with Gasteiger partial charge in [-0.05, 0) is 61.6 Å². The molecule has 1 heterocycles. The monoisotopic (exact) mass is 432 g/mol. The number of amides is 1. The highest BCUT2D eigenvalue weighted by Crippen LogP contribution is 2.39. The van der Waals surface area contributed by atoms with Crippen molar-refractivity contribution in [2.24, 2.45) is 0 Å². The minimum Gasteiger partial charge on any atom is -0.507 e. The molecule has 0 aromatic heterocycles. The van der Waals surface area contributed by atoms with Crippen molar-refractivity contribution in [2.75, 3.05) is 27.2 Å². The maximum atomic E-state index is 13.6. The molecule has 1 atom stereocenters. The molecule has 0 aliphatic carbocycles. The third-order valence-electron chi connectivity index (χ3n) is 5.75. The van der Waals surface area contributed by atoms with Crippen LogP contribution in [0.4, 0.5) is 4.39 Å². The van der Waals surface area contributed by atoms with Crippen LogP contribution in [-0.2, 0) is 9.59 Å². The van der Waals surface area contributed by atoms with Crippen LogP contribution in [0.1, 0.15) is 23.6 Å². The van der Waals surface area contributed by atoms with Crippen LogP contribution in [0.3, 0.4) is 0 Å². The van der Waals surface area contributed by atoms with Crippen LogP contribution in [0.25, 0.3) is 16.5 Å². The first kappa shape index (κ1) is 21.7. The lowest BCUT2D eigenvalue weighted by molar-refractivity contribution is -0.139. The topological polar surface area (TPSA) is 60.9 Å². The summed E-state index contributed by atoms with van der Waals surface area (Å²) in [6.07, 6.45) is 0.660. The summed E-state index contributed by atoms with van der Waals surface area (Å²) in [5.74, 6) is -2.01. The number of fused-ring (bicyclic) bond motifs is 1. The van der Waals surface area contributed by atoms with Crippen LogP contribution in [0.15, 0.2) is 72.3 Å². The van der Waals surface area contributed by atoms with Gasteiger partial charge in [0.1, 0.15) is 11.6 Å². The van der Waals surface area contributed by atoms with Crippen molar-refractivity contribution < 1.29 is 19.1 Å². The zero-order valence-electron chi connectivity index (χ0n) is 18.1. The number of hydrogen-bond donors (Lipinski definition) is 1. The summed E-state index contributed by atoms with van der Waals surface area (Å²) in [5, 5.41) is 13.1. The van der Waals surface area contributed by atoms with Gasteiger partial charge in [-0.25, -0.2) is 4.39 Å². The van der Waals surface area contributed by atoms with Gasteiger partial charge in [0.05, 0.1) is 11.6 Å². The number of benzene rings is 3. The van der Waals surface area contributed by atoms with Gasteiger partial charge >= 0.3 is 0 Å². The lowest BCUT2D eigenvalue weighted by Gasteiger charge is -2.26. The van der Waals surface area contributed by atoms with E-state index in [4.69, 9.17) is 0 Å². The number of aliphatic hydroxyl groups excluding tert-OH is 1. The predicted molar refractivity (Wildman–Crippen MR) is 123 cm³/mol. The van der Waals surface area contributed by atoms with E-state index < -0.39 is 23.5 Å². The third kappa shape index (κ3) is 4.14. The van der Waals surface area contributed by atoms with Crippen molar-refractivity contribution in [2.45, 2.75) is 12.5 Å². The van der Waals surface area contributed by atoms with E-state index in [2.05, 4.69) is 0 Å². The molecule has 6 heteroatoms. The highest BCUT2D eigenvalue weighted by atomic mass is 19.1. The fourth-order valence-corrected chi connectivity index (χ4v) is 4.15. The average Bonchev–Trinajstić information content (AvgIpc) is 3.03. The molecule has 1 saturated heterocycles. The average molecular weight is 432 g/mol. The van der Waals surface area contributed by atoms with Crippen LogP contribution >= 0.6 is 0 Å². The first-order valence-corrected chi connectivity index (χ1v) is 10.5. The quantitative estimate of drug-likeness (QED) is 0.357. The highest BCUT2D eigenvalue weighted by Gasteiger charge is 2.45. The van der Waals surface area contributed by atoms with Gasteiger partial charge < -0.3 is 14.9 Å². The standard InChI is InChI=1S/C26H25FN2O3/c1-28(2)14-5-15-29-23(18-10-12-21(27)13-11-18)22(25(31)26(29)32)24(30)20-9-8-17-6-3-4-7-19(17)16-20/h3-4,6-13,16,23,30H,5,14-15H2,1-2H3/b24-22-. The highest BCUT2D eigenvalue weighted by molar-refractivity contribution is 6.46. The van der Waals surface area contributed by atoms with Crippen molar-refractivity contribution in [1.82, 2.24) is 9.80 Å². The molecular weight excluding hydrogens is 407 g/mol. The Morgan fingerprint density at radius 2 is 1.69 bits per heavy atom. The molecule has 3 aromatic carbocycles. The summed E-state index contributed by atoms with van der Waals surface area (Å²) in [6, 6.07) is 18.0. The molecule has 0 spiro atoms. The molecule has 0 bridgehead atoms. The second kappa shape index (κ2) is 8.93. The molecule has 1 N–H and O–H groups in total. The zero-order valence-corrected chi connectivity index (χ0v) is 18.1. The van der Waals surface area contributed by atoms with Gasteiger partial charge in [-0.3, -0.25) is 9.59 Å². The Bertz CT molecular complexity index is 1200. The maximum absolute atomic E-state index is 13.6. The summed E-state index contributed by atoms with van der Waals surface area (Å²) in [4.78, 5) is 29.5. The van der Waals surface area contributed by atoms with Crippen LogP contribution < -0.4 is 0 Å². The van der Waals surface area contributed by atoms with E-state index in [1.807, 2.05) is 49.3 Å². The molecule has 3 aromatic rings. The van der Waals surface area contributed by atoms with E-state index in [9.17, 15) is 19.1 Å². The number of ketones is 1. The molecule has 1 amide bonds. The van der Waals surface area contributed by atoms with Gasteiger partial charge in [0.15, 0.2) is 0 Å². The van der Waals surface area contributed by atoms with E-state index in [1.54, 1.807) is 24.3 Å². The lowest BCUT2D eigenvalue weighted by atomic mass is 9.94. The largest absolute Gasteiger partial charge is 0.507 e. The van der Waals surface area contributed by atoms with Crippen molar-refractivity contribution in [3.8, 4) is 0 Å². The number of carbonyl (C=O) groups excluding carboxylic acids is 2. The Hall–Kier alpha value is -3.51. The second-order valence-electron chi connectivity index (χ2n) is 8.26. The predicted octanol–water partition coefficient (Wildman–Crippen LogP) is 4.35. The summed E-state index contributed by atoms with van der Waals surface area (Å²) >= 11 is 0. The summed E-state index contributed by atoms with van der Waals surface area (Å²) in [5.41, 5.74) is 1.07. The summed E-state index contributed by atoms with van der Waals surface area (Å²) < 4.78 is 13.6. The van der Waals surface area contributed by atoms with Crippen molar-refractivity contribution in [3.63, 3.8) is 0 Å². The Balaban J connectivity index is 1.81. The molecular formula is C26H25FN2O3. The SMILES string of the molecule is CN(C)CCCN1C(=O)C(=O)/C(=C(\O)c2ccc3ccccc3c2)C1c1ccc(F)cc1. The van der Waals surface area contributed by atoms with Gasteiger partial charge in [0.25, 0.3) is 11.7 Å². The number of aliphatic hydroxyl groups is 1. The molecule has 5 nitrogen and oxygen atoms in total. The number of rotatable bonds is 6. The van der Waals surface area contributed by atoms with Crippen LogP contribution in [-0.4, -0.2) is 53.8 Å². The minimum atomic E-state index is -0.774. The third-order valence-corrected chi connectivity index (χ3v) is 5.75. The number of carbonyl (C=O) groups is 2. The van der Waals surface area contributed by atoms with Gasteiger partial charge in [-0.1, -0.05) is 48.5 Å².